The van der Waals surface area contributed by atoms with E-state index in [2.05, 4.69) is 27.4 Å². The van der Waals surface area contributed by atoms with Crippen molar-refractivity contribution < 1.29 is 23.8 Å². The van der Waals surface area contributed by atoms with Crippen molar-refractivity contribution in [3.05, 3.63) is 23.8 Å². The summed E-state index contributed by atoms with van der Waals surface area (Å²) in [5.74, 6) is 5.41. The van der Waals surface area contributed by atoms with Crippen LogP contribution in [0.15, 0.2) is 23.8 Å². The number of hydrogen-bond acceptors (Lipinski definition) is 5. The molecule has 224 valence electrons. The number of rotatable bonds is 12. The number of hydrogen-bond donors (Lipinski definition) is 0. The SMILES string of the molecule is C=C(C)C(=O)OC(C)CC1CCC(C)(COC/C=C(/C)C(=O)OC(C)CC2CC(C)C3C2CC24CC2CCC34)C1. The third kappa shape index (κ3) is 6.10. The first-order valence-corrected chi connectivity index (χ1v) is 16.2. The molecule has 5 nitrogen and oxygen atoms in total. The van der Waals surface area contributed by atoms with Crippen molar-refractivity contribution in [2.24, 2.45) is 52.3 Å². The number of esters is 2. The van der Waals surface area contributed by atoms with Gasteiger partial charge in [-0.15, -0.1) is 0 Å². The lowest BCUT2D eigenvalue weighted by atomic mass is 9.81. The Bertz CT molecular complexity index is 1020. The van der Waals surface area contributed by atoms with Crippen molar-refractivity contribution in [3.8, 4) is 0 Å². The summed E-state index contributed by atoms with van der Waals surface area (Å²) in [6.07, 6.45) is 14.2. The first-order valence-electron chi connectivity index (χ1n) is 16.2. The van der Waals surface area contributed by atoms with Crippen LogP contribution in [0.5, 0.6) is 0 Å². The lowest BCUT2D eigenvalue weighted by molar-refractivity contribution is -0.145. The molecule has 5 rings (SSSR count). The number of carbonyl (C=O) groups excluding carboxylic acids is 2. The molecule has 0 aromatic heterocycles. The molecule has 40 heavy (non-hydrogen) atoms. The smallest absolute Gasteiger partial charge is 0.333 e. The largest absolute Gasteiger partial charge is 0.459 e. The molecule has 0 radical (unpaired) electrons. The van der Waals surface area contributed by atoms with E-state index in [9.17, 15) is 9.59 Å². The Morgan fingerprint density at radius 3 is 2.45 bits per heavy atom. The van der Waals surface area contributed by atoms with Gasteiger partial charge in [0.1, 0.15) is 0 Å². The minimum absolute atomic E-state index is 0.0351. The van der Waals surface area contributed by atoms with Crippen LogP contribution in [0, 0.1) is 52.3 Å². The van der Waals surface area contributed by atoms with Gasteiger partial charge < -0.3 is 14.2 Å². The highest BCUT2D eigenvalue weighted by Gasteiger charge is 2.71. The molecule has 0 aliphatic heterocycles. The summed E-state index contributed by atoms with van der Waals surface area (Å²) >= 11 is 0. The Labute approximate surface area is 242 Å². The van der Waals surface area contributed by atoms with Crippen molar-refractivity contribution in [2.45, 2.75) is 118 Å². The van der Waals surface area contributed by atoms with Crippen LogP contribution in [-0.4, -0.2) is 37.4 Å². The molecule has 0 aromatic rings. The summed E-state index contributed by atoms with van der Waals surface area (Å²) in [6.45, 7) is 17.1. The van der Waals surface area contributed by atoms with Gasteiger partial charge in [0, 0.05) is 11.1 Å². The Morgan fingerprint density at radius 1 is 1.00 bits per heavy atom. The summed E-state index contributed by atoms with van der Waals surface area (Å²) in [7, 11) is 0. The topological polar surface area (TPSA) is 61.8 Å². The van der Waals surface area contributed by atoms with Crippen molar-refractivity contribution in [1.82, 2.24) is 0 Å². The van der Waals surface area contributed by atoms with Crippen LogP contribution >= 0.6 is 0 Å². The van der Waals surface area contributed by atoms with E-state index in [1.165, 1.54) is 32.1 Å². The summed E-state index contributed by atoms with van der Waals surface area (Å²) in [5.41, 5.74) is 1.94. The predicted octanol–water partition coefficient (Wildman–Crippen LogP) is 7.68. The van der Waals surface area contributed by atoms with Crippen LogP contribution in [0.4, 0.5) is 0 Å². The second-order valence-corrected chi connectivity index (χ2v) is 15.2. The van der Waals surface area contributed by atoms with Crippen molar-refractivity contribution in [2.75, 3.05) is 13.2 Å². The molecule has 5 fully saturated rings. The standard InChI is InChI=1S/C35H54O5/c1-21(2)32(36)39-24(5)15-26-10-12-34(7,17-26)20-38-13-11-22(3)33(37)40-25(6)16-27-14-23(4)31-29(27)19-35-18-28(35)8-9-30(31)35/h11,23-31H,1,8-10,12-20H2,2-7H3/b22-11-. The number of fused-ring (bicyclic) bond motifs is 2. The molecule has 5 saturated carbocycles. The number of ether oxygens (including phenoxy) is 3. The molecule has 0 amide bonds. The van der Waals surface area contributed by atoms with Gasteiger partial charge in [0.25, 0.3) is 0 Å². The van der Waals surface area contributed by atoms with E-state index in [1.54, 1.807) is 6.92 Å². The Hall–Kier alpha value is -1.62. The molecule has 1 spiro atoms. The fourth-order valence-corrected chi connectivity index (χ4v) is 10.1. The average Bonchev–Trinajstić information content (AvgIpc) is 3.15. The average molecular weight is 555 g/mol. The molecule has 0 heterocycles. The zero-order valence-corrected chi connectivity index (χ0v) is 26.0. The molecule has 5 aliphatic carbocycles. The van der Waals surface area contributed by atoms with E-state index in [1.807, 2.05) is 19.9 Å². The maximum Gasteiger partial charge on any atom is 0.333 e. The summed E-state index contributed by atoms with van der Waals surface area (Å²) in [5, 5.41) is 0. The molecule has 0 aromatic carbocycles. The second kappa shape index (κ2) is 11.6. The second-order valence-electron chi connectivity index (χ2n) is 15.2. The van der Waals surface area contributed by atoms with E-state index < -0.39 is 0 Å². The Kier molecular flexibility index (Phi) is 8.64. The Morgan fingerprint density at radius 2 is 1.73 bits per heavy atom. The maximum atomic E-state index is 12.8. The van der Waals surface area contributed by atoms with Crippen molar-refractivity contribution >= 4 is 11.9 Å². The normalized spacial score (nSPS) is 41.1. The first-order chi connectivity index (χ1) is 18.9. The number of carbonyl (C=O) groups is 2. The summed E-state index contributed by atoms with van der Waals surface area (Å²) in [6, 6.07) is 0. The summed E-state index contributed by atoms with van der Waals surface area (Å²) in [4.78, 5) is 24.6. The third-order valence-electron chi connectivity index (χ3n) is 11.8. The lowest BCUT2D eigenvalue weighted by Gasteiger charge is -2.25. The zero-order valence-electron chi connectivity index (χ0n) is 26.0. The van der Waals surface area contributed by atoms with Gasteiger partial charge in [-0.1, -0.05) is 20.4 Å². The zero-order chi connectivity index (χ0) is 28.8. The molecule has 0 N–H and O–H groups in total. The molecule has 11 atom stereocenters. The molecule has 0 saturated heterocycles. The molecule has 5 heteroatoms. The van der Waals surface area contributed by atoms with Crippen LogP contribution in [0.3, 0.4) is 0 Å². The van der Waals surface area contributed by atoms with Gasteiger partial charge in [0.05, 0.1) is 25.4 Å². The highest BCUT2D eigenvalue weighted by molar-refractivity contribution is 5.88. The fraction of sp³-hybridized carbons (Fsp3) is 0.829. The molecular weight excluding hydrogens is 500 g/mol. The van der Waals surface area contributed by atoms with E-state index in [0.29, 0.717) is 36.2 Å². The monoisotopic (exact) mass is 554 g/mol. The van der Waals surface area contributed by atoms with Crippen LogP contribution in [-0.2, 0) is 23.8 Å². The predicted molar refractivity (Wildman–Crippen MR) is 157 cm³/mol. The van der Waals surface area contributed by atoms with Crippen LogP contribution in [0.1, 0.15) is 106 Å². The molecule has 11 unspecified atom stereocenters. The Balaban J connectivity index is 1.00. The van der Waals surface area contributed by atoms with Crippen LogP contribution in [0.25, 0.3) is 0 Å². The quantitative estimate of drug-likeness (QED) is 0.141. The molecule has 0 bridgehead atoms. The fourth-order valence-electron chi connectivity index (χ4n) is 10.1. The molecule has 5 aliphatic rings. The van der Waals surface area contributed by atoms with Crippen LogP contribution in [0.2, 0.25) is 0 Å². The highest BCUT2D eigenvalue weighted by atomic mass is 16.5. The highest BCUT2D eigenvalue weighted by Crippen LogP contribution is 2.79. The van der Waals surface area contributed by atoms with Gasteiger partial charge >= 0.3 is 11.9 Å². The minimum atomic E-state index is -0.305. The van der Waals surface area contributed by atoms with Gasteiger partial charge in [-0.3, -0.25) is 0 Å². The van der Waals surface area contributed by atoms with E-state index in [4.69, 9.17) is 14.2 Å². The first kappa shape index (κ1) is 29.9. The third-order valence-corrected chi connectivity index (χ3v) is 11.8. The lowest BCUT2D eigenvalue weighted by Crippen LogP contribution is -2.23. The van der Waals surface area contributed by atoms with Gasteiger partial charge in [0.2, 0.25) is 0 Å². The summed E-state index contributed by atoms with van der Waals surface area (Å²) < 4.78 is 17.4. The van der Waals surface area contributed by atoms with Gasteiger partial charge in [-0.25, -0.2) is 9.59 Å². The van der Waals surface area contributed by atoms with Gasteiger partial charge in [0.15, 0.2) is 0 Å². The van der Waals surface area contributed by atoms with Gasteiger partial charge in [-0.2, -0.15) is 0 Å². The van der Waals surface area contributed by atoms with Crippen molar-refractivity contribution in [3.63, 3.8) is 0 Å². The van der Waals surface area contributed by atoms with E-state index >= 15 is 0 Å². The van der Waals surface area contributed by atoms with Crippen molar-refractivity contribution in [1.29, 1.82) is 0 Å². The van der Waals surface area contributed by atoms with Crippen LogP contribution < -0.4 is 0 Å². The van der Waals surface area contributed by atoms with E-state index in [0.717, 1.165) is 67.1 Å². The molecular formula is C35H54O5. The van der Waals surface area contributed by atoms with Gasteiger partial charge in [-0.05, 0) is 150 Å². The maximum absolute atomic E-state index is 12.8. The minimum Gasteiger partial charge on any atom is -0.459 e. The van der Waals surface area contributed by atoms with E-state index in [-0.39, 0.29) is 29.6 Å².